The van der Waals surface area contributed by atoms with Crippen molar-refractivity contribution in [3.05, 3.63) is 35.9 Å². The zero-order chi connectivity index (χ0) is 13.5. The van der Waals surface area contributed by atoms with Crippen LogP contribution >= 0.6 is 0 Å². The third-order valence-corrected chi connectivity index (χ3v) is 4.46. The second-order valence-electron chi connectivity index (χ2n) is 5.97. The average molecular weight is 259 g/mol. The summed E-state index contributed by atoms with van der Waals surface area (Å²) in [5.41, 5.74) is 1.48. The molecule has 19 heavy (non-hydrogen) atoms. The predicted octanol–water partition coefficient (Wildman–Crippen LogP) is 5.01. The van der Waals surface area contributed by atoms with Gasteiger partial charge in [0.05, 0.1) is 0 Å². The first-order chi connectivity index (χ1) is 9.35. The van der Waals surface area contributed by atoms with E-state index in [-0.39, 0.29) is 0 Å². The number of nitrogens with zero attached hydrogens (tertiary/aromatic N) is 1. The molecule has 2 atom stereocenters. The van der Waals surface area contributed by atoms with Crippen molar-refractivity contribution in [3.63, 3.8) is 0 Å². The van der Waals surface area contributed by atoms with Crippen LogP contribution in [0.1, 0.15) is 64.4 Å². The summed E-state index contributed by atoms with van der Waals surface area (Å²) in [7, 11) is 0. The Morgan fingerprint density at radius 2 is 1.53 bits per heavy atom. The molecule has 1 aliphatic rings. The minimum atomic E-state index is 0.815. The van der Waals surface area contributed by atoms with Gasteiger partial charge in [0.15, 0.2) is 0 Å². The molecule has 1 saturated heterocycles. The Hall–Kier alpha value is -0.820. The Morgan fingerprint density at radius 1 is 0.947 bits per heavy atom. The lowest BCUT2D eigenvalue weighted by Crippen LogP contribution is -2.45. The van der Waals surface area contributed by atoms with Gasteiger partial charge in [-0.05, 0) is 31.2 Å². The first-order valence-electron chi connectivity index (χ1n) is 8.14. The lowest BCUT2D eigenvalue weighted by Gasteiger charge is -2.42. The van der Waals surface area contributed by atoms with E-state index in [4.69, 9.17) is 0 Å². The molecule has 1 aromatic rings. The highest BCUT2D eigenvalue weighted by Gasteiger charge is 2.29. The normalized spacial score (nSPS) is 24.5. The molecule has 1 aliphatic heterocycles. The van der Waals surface area contributed by atoms with E-state index in [0.29, 0.717) is 0 Å². The Morgan fingerprint density at radius 3 is 2.05 bits per heavy atom. The molecule has 0 spiro atoms. The van der Waals surface area contributed by atoms with E-state index in [1.807, 2.05) is 0 Å². The largest absolute Gasteiger partial charge is 0.293 e. The Kier molecular flexibility index (Phi) is 5.91. The van der Waals surface area contributed by atoms with E-state index in [1.165, 1.54) is 50.5 Å². The van der Waals surface area contributed by atoms with Crippen molar-refractivity contribution in [3.8, 4) is 0 Å². The highest BCUT2D eigenvalue weighted by atomic mass is 15.2. The van der Waals surface area contributed by atoms with Crippen molar-refractivity contribution >= 4 is 0 Å². The van der Waals surface area contributed by atoms with E-state index in [2.05, 4.69) is 49.1 Å². The van der Waals surface area contributed by atoms with Gasteiger partial charge in [-0.3, -0.25) is 4.90 Å². The number of rotatable bonds is 6. The van der Waals surface area contributed by atoms with Gasteiger partial charge in [-0.2, -0.15) is 0 Å². The summed E-state index contributed by atoms with van der Waals surface area (Å²) >= 11 is 0. The zero-order valence-corrected chi connectivity index (χ0v) is 12.6. The van der Waals surface area contributed by atoms with Gasteiger partial charge in [-0.25, -0.2) is 0 Å². The summed E-state index contributed by atoms with van der Waals surface area (Å²) in [6.07, 6.45) is 9.60. The quantitative estimate of drug-likeness (QED) is 0.694. The molecule has 1 aromatic carbocycles. The highest BCUT2D eigenvalue weighted by molar-refractivity contribution is 5.15. The van der Waals surface area contributed by atoms with Crippen LogP contribution in [-0.2, 0) is 6.54 Å². The molecule has 0 unspecified atom stereocenters. The molecule has 0 bridgehead atoms. The van der Waals surface area contributed by atoms with E-state index >= 15 is 0 Å². The van der Waals surface area contributed by atoms with Crippen LogP contribution in [0.2, 0.25) is 0 Å². The molecule has 1 heteroatoms. The van der Waals surface area contributed by atoms with Crippen LogP contribution in [-0.4, -0.2) is 17.0 Å². The fraction of sp³-hybridized carbons (Fsp3) is 0.667. The molecule has 2 rings (SSSR count). The van der Waals surface area contributed by atoms with E-state index in [1.54, 1.807) is 0 Å². The molecule has 1 nitrogen and oxygen atoms in total. The fourth-order valence-electron chi connectivity index (χ4n) is 3.56. The molecule has 0 aromatic heterocycles. The van der Waals surface area contributed by atoms with Gasteiger partial charge in [0, 0.05) is 18.6 Å². The van der Waals surface area contributed by atoms with Crippen LogP contribution in [0.15, 0.2) is 30.3 Å². The van der Waals surface area contributed by atoms with Crippen LogP contribution in [0.5, 0.6) is 0 Å². The minimum absolute atomic E-state index is 0.815. The van der Waals surface area contributed by atoms with E-state index in [0.717, 1.165) is 18.6 Å². The molecule has 0 amide bonds. The topological polar surface area (TPSA) is 3.24 Å². The lowest BCUT2D eigenvalue weighted by atomic mass is 9.90. The predicted molar refractivity (Wildman–Crippen MR) is 83.2 cm³/mol. The van der Waals surface area contributed by atoms with Crippen LogP contribution in [0.3, 0.4) is 0 Å². The lowest BCUT2D eigenvalue weighted by molar-refractivity contribution is 0.0633. The molecule has 0 saturated carbocycles. The van der Waals surface area contributed by atoms with Gasteiger partial charge >= 0.3 is 0 Å². The maximum absolute atomic E-state index is 2.81. The summed E-state index contributed by atoms with van der Waals surface area (Å²) in [5, 5.41) is 0. The summed E-state index contributed by atoms with van der Waals surface area (Å²) in [6.45, 7) is 5.80. The third kappa shape index (κ3) is 4.07. The molecule has 0 N–H and O–H groups in total. The van der Waals surface area contributed by atoms with Crippen molar-refractivity contribution < 1.29 is 0 Å². The summed E-state index contributed by atoms with van der Waals surface area (Å²) in [5.74, 6) is 0. The van der Waals surface area contributed by atoms with Gasteiger partial charge in [0.25, 0.3) is 0 Å². The summed E-state index contributed by atoms with van der Waals surface area (Å²) in [6, 6.07) is 12.6. The molecule has 0 aliphatic carbocycles. The zero-order valence-electron chi connectivity index (χ0n) is 12.6. The van der Waals surface area contributed by atoms with Crippen molar-refractivity contribution in [2.45, 2.75) is 77.4 Å². The van der Waals surface area contributed by atoms with Gasteiger partial charge in [0.2, 0.25) is 0 Å². The first kappa shape index (κ1) is 14.6. The number of benzene rings is 1. The SMILES string of the molecule is CCC[C@@H]1CCC[C@@H](CCC)N1Cc1ccccc1. The standard InChI is InChI=1S/C18H29N/c1-3-9-17-13-8-14-18(10-4-2)19(17)15-16-11-6-5-7-12-16/h5-7,11-12,17-18H,3-4,8-10,13-15H2,1-2H3/t17-,18-/m1/s1. The highest BCUT2D eigenvalue weighted by Crippen LogP contribution is 2.29. The van der Waals surface area contributed by atoms with E-state index in [9.17, 15) is 0 Å². The van der Waals surface area contributed by atoms with Gasteiger partial charge in [0.1, 0.15) is 0 Å². The van der Waals surface area contributed by atoms with Crippen molar-refractivity contribution in [1.82, 2.24) is 4.90 Å². The Balaban J connectivity index is 2.08. The van der Waals surface area contributed by atoms with Gasteiger partial charge in [-0.15, -0.1) is 0 Å². The molecule has 0 radical (unpaired) electrons. The fourth-order valence-corrected chi connectivity index (χ4v) is 3.56. The maximum atomic E-state index is 2.81. The molecular formula is C18H29N. The Bertz CT molecular complexity index is 328. The third-order valence-electron chi connectivity index (χ3n) is 4.46. The molecular weight excluding hydrogens is 230 g/mol. The Labute approximate surface area is 119 Å². The van der Waals surface area contributed by atoms with Gasteiger partial charge < -0.3 is 0 Å². The number of likely N-dealkylation sites (tertiary alicyclic amines) is 1. The summed E-state index contributed by atoms with van der Waals surface area (Å²) in [4.78, 5) is 2.81. The first-order valence-corrected chi connectivity index (χ1v) is 8.14. The number of piperidine rings is 1. The van der Waals surface area contributed by atoms with Crippen LogP contribution < -0.4 is 0 Å². The minimum Gasteiger partial charge on any atom is -0.293 e. The summed E-state index contributed by atoms with van der Waals surface area (Å²) < 4.78 is 0. The second-order valence-corrected chi connectivity index (χ2v) is 5.97. The van der Waals surface area contributed by atoms with Crippen molar-refractivity contribution in [2.75, 3.05) is 0 Å². The monoisotopic (exact) mass is 259 g/mol. The average Bonchev–Trinajstić information content (AvgIpc) is 2.44. The number of hydrogen-bond acceptors (Lipinski definition) is 1. The maximum Gasteiger partial charge on any atom is 0.0239 e. The molecule has 106 valence electrons. The smallest absolute Gasteiger partial charge is 0.0239 e. The number of hydrogen-bond donors (Lipinski definition) is 0. The van der Waals surface area contributed by atoms with Crippen LogP contribution in [0.25, 0.3) is 0 Å². The van der Waals surface area contributed by atoms with Crippen LogP contribution in [0, 0.1) is 0 Å². The molecule has 1 heterocycles. The molecule has 1 fully saturated rings. The van der Waals surface area contributed by atoms with Crippen molar-refractivity contribution in [1.29, 1.82) is 0 Å². The second kappa shape index (κ2) is 7.69. The van der Waals surface area contributed by atoms with Gasteiger partial charge in [-0.1, -0.05) is 63.4 Å². The van der Waals surface area contributed by atoms with Crippen LogP contribution in [0.4, 0.5) is 0 Å². The van der Waals surface area contributed by atoms with Crippen molar-refractivity contribution in [2.24, 2.45) is 0 Å². The van der Waals surface area contributed by atoms with E-state index < -0.39 is 0 Å².